The van der Waals surface area contributed by atoms with Crippen molar-refractivity contribution in [1.29, 1.82) is 0 Å². The Bertz CT molecular complexity index is 233. The second-order valence-electron chi connectivity index (χ2n) is 5.06. The molecule has 0 aliphatic heterocycles. The van der Waals surface area contributed by atoms with E-state index in [9.17, 15) is 5.11 Å². The first kappa shape index (κ1) is 8.05. The predicted octanol–water partition coefficient (Wildman–Crippen LogP) is 2.36. The molecule has 5 atom stereocenters. The highest BCUT2D eigenvalue weighted by Gasteiger charge is 2.49. The van der Waals surface area contributed by atoms with Crippen LogP contribution in [0.25, 0.3) is 0 Å². The van der Waals surface area contributed by atoms with Crippen LogP contribution in [0.2, 0.25) is 0 Å². The molecule has 3 aliphatic rings. The van der Waals surface area contributed by atoms with Gasteiger partial charge in [0, 0.05) is 0 Å². The molecule has 2 saturated carbocycles. The SMILES string of the molecule is OC1CCC=CC2C3CCC(C3)C12. The highest BCUT2D eigenvalue weighted by atomic mass is 16.3. The number of aliphatic hydroxyl groups excluding tert-OH is 1. The summed E-state index contributed by atoms with van der Waals surface area (Å²) < 4.78 is 0. The van der Waals surface area contributed by atoms with Crippen molar-refractivity contribution in [3.8, 4) is 0 Å². The smallest absolute Gasteiger partial charge is 0.0579 e. The second kappa shape index (κ2) is 2.84. The summed E-state index contributed by atoms with van der Waals surface area (Å²) in [5, 5.41) is 10.0. The monoisotopic (exact) mass is 178 g/mol. The molecule has 0 aromatic rings. The molecule has 5 unspecified atom stereocenters. The normalized spacial score (nSPS) is 53.5. The number of fused-ring (bicyclic) bond motifs is 5. The van der Waals surface area contributed by atoms with Crippen LogP contribution in [-0.4, -0.2) is 11.2 Å². The van der Waals surface area contributed by atoms with Crippen molar-refractivity contribution in [2.45, 2.75) is 38.2 Å². The summed E-state index contributed by atoms with van der Waals surface area (Å²) in [5.41, 5.74) is 0. The molecule has 0 amide bonds. The number of hydrogen-bond donors (Lipinski definition) is 1. The largest absolute Gasteiger partial charge is 0.393 e. The number of allylic oxidation sites excluding steroid dienone is 2. The summed E-state index contributed by atoms with van der Waals surface area (Å²) in [6.07, 6.45) is 11.0. The Labute approximate surface area is 79.8 Å². The Balaban J connectivity index is 1.91. The summed E-state index contributed by atoms with van der Waals surface area (Å²) in [6.45, 7) is 0. The lowest BCUT2D eigenvalue weighted by Gasteiger charge is -2.31. The Morgan fingerprint density at radius 2 is 1.92 bits per heavy atom. The maximum absolute atomic E-state index is 10.0. The minimum absolute atomic E-state index is 0.00435. The van der Waals surface area contributed by atoms with Crippen molar-refractivity contribution in [3.63, 3.8) is 0 Å². The molecule has 2 bridgehead atoms. The second-order valence-corrected chi connectivity index (χ2v) is 5.06. The van der Waals surface area contributed by atoms with Gasteiger partial charge in [0.05, 0.1) is 6.10 Å². The van der Waals surface area contributed by atoms with Gasteiger partial charge in [-0.1, -0.05) is 12.2 Å². The zero-order valence-electron chi connectivity index (χ0n) is 8.02. The maximum Gasteiger partial charge on any atom is 0.0579 e. The lowest BCUT2D eigenvalue weighted by molar-refractivity contribution is 0.0515. The molecule has 1 heteroatoms. The molecule has 2 fully saturated rings. The Morgan fingerprint density at radius 1 is 1.08 bits per heavy atom. The van der Waals surface area contributed by atoms with Gasteiger partial charge >= 0.3 is 0 Å². The molecule has 3 aliphatic carbocycles. The lowest BCUT2D eigenvalue weighted by atomic mass is 9.76. The van der Waals surface area contributed by atoms with Crippen molar-refractivity contribution >= 4 is 0 Å². The van der Waals surface area contributed by atoms with Crippen LogP contribution in [0.15, 0.2) is 12.2 Å². The van der Waals surface area contributed by atoms with Gasteiger partial charge in [0.1, 0.15) is 0 Å². The molecule has 0 aromatic carbocycles. The summed E-state index contributed by atoms with van der Waals surface area (Å²) >= 11 is 0. The summed E-state index contributed by atoms with van der Waals surface area (Å²) in [7, 11) is 0. The molecule has 3 rings (SSSR count). The first-order valence-corrected chi connectivity index (χ1v) is 5.71. The van der Waals surface area contributed by atoms with Gasteiger partial charge in [-0.15, -0.1) is 0 Å². The minimum atomic E-state index is -0.00435. The van der Waals surface area contributed by atoms with Crippen LogP contribution in [0.5, 0.6) is 0 Å². The van der Waals surface area contributed by atoms with Crippen molar-refractivity contribution < 1.29 is 5.11 Å². The van der Waals surface area contributed by atoms with E-state index in [2.05, 4.69) is 12.2 Å². The average Bonchev–Trinajstić information content (AvgIpc) is 2.66. The zero-order valence-corrected chi connectivity index (χ0v) is 8.02. The summed E-state index contributed by atoms with van der Waals surface area (Å²) in [4.78, 5) is 0. The minimum Gasteiger partial charge on any atom is -0.393 e. The standard InChI is InChI=1S/C12H18O/c13-11-4-2-1-3-10-8-5-6-9(7-8)12(10)11/h1,3,8-13H,2,4-7H2. The van der Waals surface area contributed by atoms with E-state index >= 15 is 0 Å². The fraction of sp³-hybridized carbons (Fsp3) is 0.833. The number of aliphatic hydroxyl groups is 1. The van der Waals surface area contributed by atoms with E-state index in [1.54, 1.807) is 0 Å². The first-order valence-electron chi connectivity index (χ1n) is 5.71. The molecular formula is C12H18O. The molecule has 0 heterocycles. The first-order chi connectivity index (χ1) is 6.36. The van der Waals surface area contributed by atoms with Crippen LogP contribution in [0, 0.1) is 23.7 Å². The predicted molar refractivity (Wildman–Crippen MR) is 52.2 cm³/mol. The molecule has 72 valence electrons. The Kier molecular flexibility index (Phi) is 1.76. The molecule has 13 heavy (non-hydrogen) atoms. The van der Waals surface area contributed by atoms with Crippen molar-refractivity contribution in [2.75, 3.05) is 0 Å². The third-order valence-corrected chi connectivity index (χ3v) is 4.48. The van der Waals surface area contributed by atoms with Crippen molar-refractivity contribution in [2.24, 2.45) is 23.7 Å². The van der Waals surface area contributed by atoms with Gasteiger partial charge in [-0.2, -0.15) is 0 Å². The molecule has 0 saturated heterocycles. The van der Waals surface area contributed by atoms with Crippen LogP contribution in [0.3, 0.4) is 0 Å². The highest BCUT2D eigenvalue weighted by Crippen LogP contribution is 2.55. The third kappa shape index (κ3) is 1.10. The van der Waals surface area contributed by atoms with Gasteiger partial charge < -0.3 is 5.11 Å². The quantitative estimate of drug-likeness (QED) is 0.565. The van der Waals surface area contributed by atoms with E-state index in [1.807, 2.05) is 0 Å². The van der Waals surface area contributed by atoms with Gasteiger partial charge in [0.25, 0.3) is 0 Å². The van der Waals surface area contributed by atoms with Crippen LogP contribution in [-0.2, 0) is 0 Å². The molecule has 0 radical (unpaired) electrons. The van der Waals surface area contributed by atoms with Gasteiger partial charge in [-0.25, -0.2) is 0 Å². The van der Waals surface area contributed by atoms with E-state index in [-0.39, 0.29) is 6.10 Å². The van der Waals surface area contributed by atoms with Gasteiger partial charge in [0.2, 0.25) is 0 Å². The van der Waals surface area contributed by atoms with Crippen molar-refractivity contribution in [3.05, 3.63) is 12.2 Å². The highest BCUT2D eigenvalue weighted by molar-refractivity contribution is 5.09. The lowest BCUT2D eigenvalue weighted by Crippen LogP contribution is -2.30. The van der Waals surface area contributed by atoms with E-state index in [0.717, 1.165) is 30.6 Å². The molecule has 0 spiro atoms. The fourth-order valence-corrected chi connectivity index (χ4v) is 3.95. The summed E-state index contributed by atoms with van der Waals surface area (Å²) in [6, 6.07) is 0. The van der Waals surface area contributed by atoms with Crippen LogP contribution in [0.4, 0.5) is 0 Å². The molecule has 1 nitrogen and oxygen atoms in total. The average molecular weight is 178 g/mol. The van der Waals surface area contributed by atoms with Gasteiger partial charge in [0.15, 0.2) is 0 Å². The fourth-order valence-electron chi connectivity index (χ4n) is 3.95. The zero-order chi connectivity index (χ0) is 8.84. The maximum atomic E-state index is 10.0. The third-order valence-electron chi connectivity index (χ3n) is 4.48. The van der Waals surface area contributed by atoms with Crippen LogP contribution >= 0.6 is 0 Å². The summed E-state index contributed by atoms with van der Waals surface area (Å²) in [5.74, 6) is 3.13. The molecule has 1 N–H and O–H groups in total. The Hall–Kier alpha value is -0.300. The number of rotatable bonds is 0. The topological polar surface area (TPSA) is 20.2 Å². The van der Waals surface area contributed by atoms with Gasteiger partial charge in [-0.3, -0.25) is 0 Å². The molecular weight excluding hydrogens is 160 g/mol. The van der Waals surface area contributed by atoms with Crippen molar-refractivity contribution in [1.82, 2.24) is 0 Å². The van der Waals surface area contributed by atoms with E-state index < -0.39 is 0 Å². The van der Waals surface area contributed by atoms with E-state index in [1.165, 1.54) is 19.3 Å². The Morgan fingerprint density at radius 3 is 2.85 bits per heavy atom. The van der Waals surface area contributed by atoms with E-state index in [0.29, 0.717) is 5.92 Å². The van der Waals surface area contributed by atoms with Crippen LogP contribution < -0.4 is 0 Å². The van der Waals surface area contributed by atoms with E-state index in [4.69, 9.17) is 0 Å². The van der Waals surface area contributed by atoms with Gasteiger partial charge in [-0.05, 0) is 55.8 Å². The van der Waals surface area contributed by atoms with Crippen LogP contribution in [0.1, 0.15) is 32.1 Å². The number of hydrogen-bond acceptors (Lipinski definition) is 1. The molecule has 0 aromatic heterocycles.